The SMILES string of the molecule is CNc1ccc(C(=O)OCC(=O)Nc2ccc(C(C)(C)C)cc2)cc1[N+](=O)[O-]. The van der Waals surface area contributed by atoms with Crippen molar-refractivity contribution in [2.45, 2.75) is 26.2 Å². The molecule has 2 aromatic rings. The van der Waals surface area contributed by atoms with Gasteiger partial charge in [0.25, 0.3) is 11.6 Å². The monoisotopic (exact) mass is 385 g/mol. The Kier molecular flexibility index (Phi) is 6.35. The van der Waals surface area contributed by atoms with Crippen LogP contribution in [0.5, 0.6) is 0 Å². The Morgan fingerprint density at radius 2 is 1.75 bits per heavy atom. The summed E-state index contributed by atoms with van der Waals surface area (Å²) >= 11 is 0. The van der Waals surface area contributed by atoms with Crippen LogP contribution in [0.15, 0.2) is 42.5 Å². The highest BCUT2D eigenvalue weighted by Crippen LogP contribution is 2.25. The summed E-state index contributed by atoms with van der Waals surface area (Å²) in [6.45, 7) is 5.77. The Morgan fingerprint density at radius 3 is 2.29 bits per heavy atom. The van der Waals surface area contributed by atoms with E-state index in [1.807, 2.05) is 12.1 Å². The molecule has 2 aromatic carbocycles. The van der Waals surface area contributed by atoms with Crippen molar-refractivity contribution in [2.24, 2.45) is 0 Å². The lowest BCUT2D eigenvalue weighted by molar-refractivity contribution is -0.384. The molecule has 0 saturated heterocycles. The Bertz CT molecular complexity index is 886. The molecule has 0 saturated carbocycles. The second kappa shape index (κ2) is 8.51. The van der Waals surface area contributed by atoms with Crippen LogP contribution in [0.1, 0.15) is 36.7 Å². The van der Waals surface area contributed by atoms with E-state index >= 15 is 0 Å². The van der Waals surface area contributed by atoms with Crippen LogP contribution in [0.2, 0.25) is 0 Å². The Hall–Kier alpha value is -3.42. The normalized spacial score (nSPS) is 10.9. The predicted molar refractivity (Wildman–Crippen MR) is 107 cm³/mol. The summed E-state index contributed by atoms with van der Waals surface area (Å²) in [6, 6.07) is 11.3. The molecule has 148 valence electrons. The second-order valence-corrected chi connectivity index (χ2v) is 7.19. The zero-order valence-corrected chi connectivity index (χ0v) is 16.2. The van der Waals surface area contributed by atoms with Crippen molar-refractivity contribution in [1.29, 1.82) is 0 Å². The number of carbonyl (C=O) groups excluding carboxylic acids is 2. The first-order chi connectivity index (χ1) is 13.1. The van der Waals surface area contributed by atoms with Gasteiger partial charge in [-0.1, -0.05) is 32.9 Å². The van der Waals surface area contributed by atoms with E-state index in [1.54, 1.807) is 19.2 Å². The van der Waals surface area contributed by atoms with E-state index in [4.69, 9.17) is 4.74 Å². The number of rotatable bonds is 6. The van der Waals surface area contributed by atoms with E-state index in [0.29, 0.717) is 5.69 Å². The minimum absolute atomic E-state index is 0.00350. The van der Waals surface area contributed by atoms with E-state index in [0.717, 1.165) is 11.6 Å². The first kappa shape index (κ1) is 20.9. The molecule has 0 unspecified atom stereocenters. The first-order valence-corrected chi connectivity index (χ1v) is 8.65. The van der Waals surface area contributed by atoms with Crippen LogP contribution < -0.4 is 10.6 Å². The molecule has 0 aliphatic rings. The number of anilines is 2. The molecule has 2 N–H and O–H groups in total. The van der Waals surface area contributed by atoms with Gasteiger partial charge in [-0.15, -0.1) is 0 Å². The molecule has 0 aromatic heterocycles. The fourth-order valence-electron chi connectivity index (χ4n) is 2.49. The summed E-state index contributed by atoms with van der Waals surface area (Å²) < 4.78 is 4.95. The van der Waals surface area contributed by atoms with Crippen LogP contribution in [-0.4, -0.2) is 30.5 Å². The first-order valence-electron chi connectivity index (χ1n) is 8.65. The number of nitro groups is 1. The lowest BCUT2D eigenvalue weighted by atomic mass is 9.87. The largest absolute Gasteiger partial charge is 0.452 e. The highest BCUT2D eigenvalue weighted by molar-refractivity contribution is 5.96. The third-order valence-electron chi connectivity index (χ3n) is 4.07. The lowest BCUT2D eigenvalue weighted by Gasteiger charge is -2.19. The van der Waals surface area contributed by atoms with Crippen molar-refractivity contribution >= 4 is 28.9 Å². The van der Waals surface area contributed by atoms with Crippen molar-refractivity contribution < 1.29 is 19.2 Å². The maximum atomic E-state index is 12.1. The molecule has 0 aliphatic carbocycles. The van der Waals surface area contributed by atoms with Gasteiger partial charge in [-0.2, -0.15) is 0 Å². The summed E-state index contributed by atoms with van der Waals surface area (Å²) in [5.41, 5.74) is 1.74. The summed E-state index contributed by atoms with van der Waals surface area (Å²) in [7, 11) is 1.54. The number of nitrogens with one attached hydrogen (secondary N) is 2. The molecule has 0 aliphatic heterocycles. The predicted octanol–water partition coefficient (Wildman–Crippen LogP) is 3.73. The number of nitro benzene ring substituents is 1. The lowest BCUT2D eigenvalue weighted by Crippen LogP contribution is -2.21. The summed E-state index contributed by atoms with van der Waals surface area (Å²) in [4.78, 5) is 34.5. The summed E-state index contributed by atoms with van der Waals surface area (Å²) in [5, 5.41) is 16.4. The van der Waals surface area contributed by atoms with Gasteiger partial charge in [-0.25, -0.2) is 4.79 Å². The second-order valence-electron chi connectivity index (χ2n) is 7.19. The highest BCUT2D eigenvalue weighted by Gasteiger charge is 2.18. The van der Waals surface area contributed by atoms with Gasteiger partial charge >= 0.3 is 5.97 Å². The summed E-state index contributed by atoms with van der Waals surface area (Å²) in [6.07, 6.45) is 0. The van der Waals surface area contributed by atoms with Crippen LogP contribution in [0, 0.1) is 10.1 Å². The zero-order valence-electron chi connectivity index (χ0n) is 16.2. The van der Waals surface area contributed by atoms with Gasteiger partial charge in [0.05, 0.1) is 10.5 Å². The molecular weight excluding hydrogens is 362 g/mol. The van der Waals surface area contributed by atoms with Gasteiger partial charge in [0.15, 0.2) is 6.61 Å². The average molecular weight is 385 g/mol. The number of esters is 1. The minimum Gasteiger partial charge on any atom is -0.452 e. The number of ether oxygens (including phenoxy) is 1. The Labute approximate surface area is 163 Å². The van der Waals surface area contributed by atoms with Gasteiger partial charge in [0.1, 0.15) is 5.69 Å². The molecule has 0 fully saturated rings. The van der Waals surface area contributed by atoms with Crippen molar-refractivity contribution in [1.82, 2.24) is 0 Å². The number of benzene rings is 2. The number of nitrogens with zero attached hydrogens (tertiary/aromatic N) is 1. The van der Waals surface area contributed by atoms with Gasteiger partial charge in [0.2, 0.25) is 0 Å². The number of carbonyl (C=O) groups is 2. The molecule has 8 nitrogen and oxygen atoms in total. The highest BCUT2D eigenvalue weighted by atomic mass is 16.6. The number of amides is 1. The molecule has 0 spiro atoms. The average Bonchev–Trinajstić information content (AvgIpc) is 2.65. The molecule has 0 radical (unpaired) electrons. The molecular formula is C20H23N3O5. The van der Waals surface area contributed by atoms with E-state index in [1.165, 1.54) is 12.1 Å². The molecule has 2 rings (SSSR count). The fraction of sp³-hybridized carbons (Fsp3) is 0.300. The van der Waals surface area contributed by atoms with Gasteiger partial charge < -0.3 is 15.4 Å². The van der Waals surface area contributed by atoms with Crippen LogP contribution in [-0.2, 0) is 14.9 Å². The number of hydrogen-bond donors (Lipinski definition) is 2. The summed E-state index contributed by atoms with van der Waals surface area (Å²) in [5.74, 6) is -1.32. The molecule has 28 heavy (non-hydrogen) atoms. The van der Waals surface area contributed by atoms with Crippen LogP contribution in [0.4, 0.5) is 17.1 Å². The standard InChI is InChI=1S/C20H23N3O5/c1-20(2,3)14-6-8-15(9-7-14)22-18(24)12-28-19(25)13-5-10-16(21-4)17(11-13)23(26)27/h5-11,21H,12H2,1-4H3,(H,22,24). The smallest absolute Gasteiger partial charge is 0.338 e. The topological polar surface area (TPSA) is 111 Å². The molecule has 1 amide bonds. The van der Waals surface area contributed by atoms with Gasteiger partial charge in [-0.05, 0) is 35.2 Å². The third kappa shape index (κ3) is 5.29. The zero-order chi connectivity index (χ0) is 20.9. The van der Waals surface area contributed by atoms with Gasteiger partial charge in [0, 0.05) is 18.8 Å². The Balaban J connectivity index is 1.96. The molecule has 0 atom stereocenters. The van der Waals surface area contributed by atoms with Crippen LogP contribution in [0.25, 0.3) is 0 Å². The van der Waals surface area contributed by atoms with E-state index < -0.39 is 23.4 Å². The minimum atomic E-state index is -0.816. The molecule has 8 heteroatoms. The van der Waals surface area contributed by atoms with Crippen LogP contribution in [0.3, 0.4) is 0 Å². The maximum absolute atomic E-state index is 12.1. The fourth-order valence-corrected chi connectivity index (χ4v) is 2.49. The number of hydrogen-bond acceptors (Lipinski definition) is 6. The van der Waals surface area contributed by atoms with Crippen molar-refractivity contribution in [2.75, 3.05) is 24.3 Å². The van der Waals surface area contributed by atoms with Crippen LogP contribution >= 0.6 is 0 Å². The van der Waals surface area contributed by atoms with Crippen molar-refractivity contribution in [3.63, 3.8) is 0 Å². The molecule has 0 heterocycles. The van der Waals surface area contributed by atoms with Gasteiger partial charge in [-0.3, -0.25) is 14.9 Å². The quantitative estimate of drug-likeness (QED) is 0.445. The molecule has 0 bridgehead atoms. The Morgan fingerprint density at radius 1 is 1.11 bits per heavy atom. The van der Waals surface area contributed by atoms with E-state index in [2.05, 4.69) is 31.4 Å². The maximum Gasteiger partial charge on any atom is 0.338 e. The van der Waals surface area contributed by atoms with E-state index in [-0.39, 0.29) is 22.4 Å². The van der Waals surface area contributed by atoms with E-state index in [9.17, 15) is 19.7 Å². The third-order valence-corrected chi connectivity index (χ3v) is 4.07. The van der Waals surface area contributed by atoms with Crippen molar-refractivity contribution in [3.05, 3.63) is 63.7 Å². The van der Waals surface area contributed by atoms with Crippen molar-refractivity contribution in [3.8, 4) is 0 Å².